The van der Waals surface area contributed by atoms with Gasteiger partial charge in [-0.05, 0) is 18.2 Å². The van der Waals surface area contributed by atoms with Crippen molar-refractivity contribution in [1.82, 2.24) is 9.88 Å². The van der Waals surface area contributed by atoms with Gasteiger partial charge in [-0.15, -0.1) is 0 Å². The van der Waals surface area contributed by atoms with E-state index in [1.54, 1.807) is 43.4 Å². The van der Waals surface area contributed by atoms with Crippen molar-refractivity contribution in [2.24, 2.45) is 0 Å². The van der Waals surface area contributed by atoms with E-state index in [1.807, 2.05) is 0 Å². The maximum atomic E-state index is 13.5. The molecule has 0 radical (unpaired) electrons. The van der Waals surface area contributed by atoms with E-state index in [1.165, 1.54) is 11.0 Å². The molecule has 1 aromatic carbocycles. The molecule has 0 aliphatic heterocycles. The Morgan fingerprint density at radius 1 is 1.26 bits per heavy atom. The van der Waals surface area contributed by atoms with E-state index < -0.39 is 0 Å². The minimum atomic E-state index is -0.331. The number of amides is 1. The van der Waals surface area contributed by atoms with Gasteiger partial charge in [-0.3, -0.25) is 4.79 Å². The van der Waals surface area contributed by atoms with Gasteiger partial charge in [-0.25, -0.2) is 9.37 Å². The van der Waals surface area contributed by atoms with Gasteiger partial charge >= 0.3 is 0 Å². The summed E-state index contributed by atoms with van der Waals surface area (Å²) < 4.78 is 13.5. The van der Waals surface area contributed by atoms with Crippen molar-refractivity contribution in [2.75, 3.05) is 12.8 Å². The number of rotatable bonds is 3. The van der Waals surface area contributed by atoms with Crippen LogP contribution in [0.1, 0.15) is 16.1 Å². The maximum Gasteiger partial charge on any atom is 0.272 e. The second-order valence-electron chi connectivity index (χ2n) is 4.20. The van der Waals surface area contributed by atoms with Crippen molar-refractivity contribution in [3.63, 3.8) is 0 Å². The van der Waals surface area contributed by atoms with Crippen LogP contribution in [0.4, 0.5) is 10.2 Å². The van der Waals surface area contributed by atoms with E-state index in [9.17, 15) is 9.18 Å². The van der Waals surface area contributed by atoms with Gasteiger partial charge in [0, 0.05) is 19.2 Å². The third-order valence-electron chi connectivity index (χ3n) is 2.70. The number of hydrogen-bond acceptors (Lipinski definition) is 3. The molecular formula is C14H14FN3O. The van der Waals surface area contributed by atoms with Gasteiger partial charge in [0.05, 0.1) is 0 Å². The lowest BCUT2D eigenvalue weighted by molar-refractivity contribution is 0.0778. The Balaban J connectivity index is 2.14. The van der Waals surface area contributed by atoms with Crippen molar-refractivity contribution >= 4 is 11.7 Å². The molecule has 5 heteroatoms. The molecule has 0 aliphatic carbocycles. The standard InChI is InChI=1S/C14H14FN3O/c1-18(9-10-5-2-3-6-11(10)15)14(19)12-7-4-8-13(16)17-12/h2-8H,9H2,1H3,(H2,16,17). The normalized spacial score (nSPS) is 10.2. The number of hydrogen-bond donors (Lipinski definition) is 1. The third-order valence-corrected chi connectivity index (χ3v) is 2.70. The fraction of sp³-hybridized carbons (Fsp3) is 0.143. The number of halogens is 1. The summed E-state index contributed by atoms with van der Waals surface area (Å²) in [4.78, 5) is 17.5. The summed E-state index contributed by atoms with van der Waals surface area (Å²) in [6, 6.07) is 11.2. The zero-order chi connectivity index (χ0) is 13.8. The number of benzene rings is 1. The Kier molecular flexibility index (Phi) is 3.75. The minimum absolute atomic E-state index is 0.183. The second-order valence-corrected chi connectivity index (χ2v) is 4.20. The first kappa shape index (κ1) is 13.0. The SMILES string of the molecule is CN(Cc1ccccc1F)C(=O)c1cccc(N)n1. The molecule has 0 fully saturated rings. The Hall–Kier alpha value is -2.43. The molecule has 0 saturated carbocycles. The first-order valence-corrected chi connectivity index (χ1v) is 5.79. The predicted molar refractivity (Wildman–Crippen MR) is 70.8 cm³/mol. The van der Waals surface area contributed by atoms with Crippen LogP contribution in [0.15, 0.2) is 42.5 Å². The van der Waals surface area contributed by atoms with Crippen LogP contribution in [0.5, 0.6) is 0 Å². The molecule has 0 spiro atoms. The van der Waals surface area contributed by atoms with Gasteiger partial charge in [0.15, 0.2) is 0 Å². The number of pyridine rings is 1. The average Bonchev–Trinajstić information content (AvgIpc) is 2.40. The van der Waals surface area contributed by atoms with E-state index in [-0.39, 0.29) is 29.8 Å². The zero-order valence-electron chi connectivity index (χ0n) is 10.5. The molecular weight excluding hydrogens is 245 g/mol. The largest absolute Gasteiger partial charge is 0.384 e. The monoisotopic (exact) mass is 259 g/mol. The molecule has 0 bridgehead atoms. The zero-order valence-corrected chi connectivity index (χ0v) is 10.5. The highest BCUT2D eigenvalue weighted by Gasteiger charge is 2.14. The number of nitrogens with two attached hydrogens (primary N) is 1. The smallest absolute Gasteiger partial charge is 0.272 e. The van der Waals surface area contributed by atoms with Gasteiger partial charge in [0.2, 0.25) is 0 Å². The highest BCUT2D eigenvalue weighted by Crippen LogP contribution is 2.11. The van der Waals surface area contributed by atoms with Crippen molar-refractivity contribution in [2.45, 2.75) is 6.54 Å². The molecule has 98 valence electrons. The van der Waals surface area contributed by atoms with Gasteiger partial charge in [-0.1, -0.05) is 24.3 Å². The highest BCUT2D eigenvalue weighted by molar-refractivity contribution is 5.92. The molecule has 1 aromatic heterocycles. The molecule has 1 heterocycles. The van der Waals surface area contributed by atoms with Crippen molar-refractivity contribution < 1.29 is 9.18 Å². The lowest BCUT2D eigenvalue weighted by atomic mass is 10.2. The van der Waals surface area contributed by atoms with Gasteiger partial charge < -0.3 is 10.6 Å². The quantitative estimate of drug-likeness (QED) is 0.918. The molecule has 2 N–H and O–H groups in total. The van der Waals surface area contributed by atoms with Crippen LogP contribution < -0.4 is 5.73 Å². The Morgan fingerprint density at radius 3 is 2.68 bits per heavy atom. The molecule has 0 aliphatic rings. The van der Waals surface area contributed by atoms with Crippen LogP contribution in [0, 0.1) is 5.82 Å². The van der Waals surface area contributed by atoms with Crippen LogP contribution in [0.25, 0.3) is 0 Å². The van der Waals surface area contributed by atoms with Crippen LogP contribution in [-0.2, 0) is 6.54 Å². The first-order chi connectivity index (χ1) is 9.08. The van der Waals surface area contributed by atoms with Gasteiger partial charge in [0.1, 0.15) is 17.3 Å². The molecule has 0 saturated heterocycles. The lowest BCUT2D eigenvalue weighted by Crippen LogP contribution is -2.27. The van der Waals surface area contributed by atoms with E-state index in [0.717, 1.165) is 0 Å². The Morgan fingerprint density at radius 2 is 2.00 bits per heavy atom. The molecule has 0 atom stereocenters. The Labute approximate surface area is 110 Å². The molecule has 19 heavy (non-hydrogen) atoms. The molecule has 4 nitrogen and oxygen atoms in total. The Bertz CT molecular complexity index is 601. The fourth-order valence-corrected chi connectivity index (χ4v) is 1.72. The second kappa shape index (κ2) is 5.48. The van der Waals surface area contributed by atoms with E-state index in [4.69, 9.17) is 5.73 Å². The van der Waals surface area contributed by atoms with E-state index >= 15 is 0 Å². The summed E-state index contributed by atoms with van der Waals surface area (Å²) in [5.74, 6) is -0.344. The van der Waals surface area contributed by atoms with Crippen molar-refractivity contribution in [3.05, 3.63) is 59.5 Å². The van der Waals surface area contributed by atoms with Crippen molar-refractivity contribution in [1.29, 1.82) is 0 Å². The minimum Gasteiger partial charge on any atom is -0.384 e. The summed E-state index contributed by atoms with van der Waals surface area (Å²) in [6.07, 6.45) is 0. The summed E-state index contributed by atoms with van der Waals surface area (Å²) in [7, 11) is 1.60. The molecule has 2 aromatic rings. The summed E-state index contributed by atoms with van der Waals surface area (Å²) in [5.41, 5.74) is 6.24. The summed E-state index contributed by atoms with van der Waals surface area (Å²) in [6.45, 7) is 0.183. The van der Waals surface area contributed by atoms with Gasteiger partial charge in [-0.2, -0.15) is 0 Å². The van der Waals surface area contributed by atoms with Crippen LogP contribution >= 0.6 is 0 Å². The number of nitrogens with zero attached hydrogens (tertiary/aromatic N) is 2. The number of anilines is 1. The summed E-state index contributed by atoms with van der Waals surface area (Å²) >= 11 is 0. The van der Waals surface area contributed by atoms with Crippen LogP contribution in [-0.4, -0.2) is 22.8 Å². The number of carbonyl (C=O) groups is 1. The maximum absolute atomic E-state index is 13.5. The van der Waals surface area contributed by atoms with Crippen LogP contribution in [0.3, 0.4) is 0 Å². The topological polar surface area (TPSA) is 59.2 Å². The number of carbonyl (C=O) groups excluding carboxylic acids is 1. The molecule has 1 amide bonds. The lowest BCUT2D eigenvalue weighted by Gasteiger charge is -2.17. The predicted octanol–water partition coefficient (Wildman–Crippen LogP) is 2.08. The van der Waals surface area contributed by atoms with E-state index in [2.05, 4.69) is 4.98 Å². The summed E-state index contributed by atoms with van der Waals surface area (Å²) in [5, 5.41) is 0. The molecule has 0 unspecified atom stereocenters. The fourth-order valence-electron chi connectivity index (χ4n) is 1.72. The number of aromatic nitrogens is 1. The first-order valence-electron chi connectivity index (χ1n) is 5.79. The molecule has 2 rings (SSSR count). The van der Waals surface area contributed by atoms with E-state index in [0.29, 0.717) is 5.56 Å². The van der Waals surface area contributed by atoms with Gasteiger partial charge in [0.25, 0.3) is 5.91 Å². The highest BCUT2D eigenvalue weighted by atomic mass is 19.1. The van der Waals surface area contributed by atoms with Crippen LogP contribution in [0.2, 0.25) is 0 Å². The van der Waals surface area contributed by atoms with Crippen molar-refractivity contribution in [3.8, 4) is 0 Å². The third kappa shape index (κ3) is 3.07. The number of nitrogen functional groups attached to an aromatic ring is 1. The average molecular weight is 259 g/mol.